The predicted octanol–water partition coefficient (Wildman–Crippen LogP) is 2.40. The Kier molecular flexibility index (Phi) is 4.66. The summed E-state index contributed by atoms with van der Waals surface area (Å²) >= 11 is 0. The third-order valence-electron chi connectivity index (χ3n) is 4.29. The van der Waals surface area contributed by atoms with Gasteiger partial charge in [0.1, 0.15) is 12.4 Å². The SMILES string of the molecule is COC(C)COc1ccc(B2OC(C)(C)C(C)(C)O2)cc1. The number of methoxy groups -OCH3 is 1. The lowest BCUT2D eigenvalue weighted by atomic mass is 9.79. The molecule has 0 radical (unpaired) electrons. The molecular weight excluding hydrogens is 267 g/mol. The van der Waals surface area contributed by atoms with Gasteiger partial charge in [-0.3, -0.25) is 0 Å². The summed E-state index contributed by atoms with van der Waals surface area (Å²) in [6.45, 7) is 10.7. The van der Waals surface area contributed by atoms with Crippen molar-refractivity contribution in [3.8, 4) is 5.75 Å². The van der Waals surface area contributed by atoms with Gasteiger partial charge in [-0.05, 0) is 52.2 Å². The summed E-state index contributed by atoms with van der Waals surface area (Å²) in [5.41, 5.74) is 0.363. The van der Waals surface area contributed by atoms with Gasteiger partial charge in [0.25, 0.3) is 0 Å². The van der Waals surface area contributed by atoms with E-state index in [0.717, 1.165) is 11.2 Å². The minimum atomic E-state index is -0.332. The van der Waals surface area contributed by atoms with Crippen LogP contribution in [0, 0.1) is 0 Å². The lowest BCUT2D eigenvalue weighted by Gasteiger charge is -2.32. The second-order valence-electron chi connectivity index (χ2n) is 6.51. The third-order valence-corrected chi connectivity index (χ3v) is 4.29. The van der Waals surface area contributed by atoms with Gasteiger partial charge in [-0.15, -0.1) is 0 Å². The van der Waals surface area contributed by atoms with Crippen molar-refractivity contribution in [1.82, 2.24) is 0 Å². The molecule has 1 atom stereocenters. The maximum absolute atomic E-state index is 6.02. The Morgan fingerprint density at radius 1 is 1.05 bits per heavy atom. The van der Waals surface area contributed by atoms with Crippen LogP contribution in [-0.4, -0.2) is 38.1 Å². The fraction of sp³-hybridized carbons (Fsp3) is 0.625. The summed E-state index contributed by atoms with van der Waals surface area (Å²) in [5, 5.41) is 0. The molecule has 21 heavy (non-hydrogen) atoms. The highest BCUT2D eigenvalue weighted by Crippen LogP contribution is 2.36. The molecule has 1 fully saturated rings. The molecule has 0 spiro atoms. The van der Waals surface area contributed by atoms with E-state index in [9.17, 15) is 0 Å². The van der Waals surface area contributed by atoms with Crippen molar-refractivity contribution >= 4 is 12.6 Å². The van der Waals surface area contributed by atoms with Gasteiger partial charge in [-0.1, -0.05) is 12.1 Å². The maximum Gasteiger partial charge on any atom is 0.494 e. The van der Waals surface area contributed by atoms with E-state index in [2.05, 4.69) is 27.7 Å². The molecule has 1 aromatic carbocycles. The van der Waals surface area contributed by atoms with Gasteiger partial charge in [-0.2, -0.15) is 0 Å². The normalized spacial score (nSPS) is 21.3. The van der Waals surface area contributed by atoms with Crippen LogP contribution in [0.4, 0.5) is 0 Å². The van der Waals surface area contributed by atoms with E-state index in [-0.39, 0.29) is 24.4 Å². The molecule has 1 aliphatic heterocycles. The summed E-state index contributed by atoms with van der Waals surface area (Å²) in [4.78, 5) is 0. The number of hydrogen-bond donors (Lipinski definition) is 0. The fourth-order valence-corrected chi connectivity index (χ4v) is 1.98. The highest BCUT2D eigenvalue weighted by molar-refractivity contribution is 6.62. The number of hydrogen-bond acceptors (Lipinski definition) is 4. The molecule has 1 aromatic rings. The van der Waals surface area contributed by atoms with Crippen LogP contribution >= 0.6 is 0 Å². The van der Waals surface area contributed by atoms with Crippen molar-refractivity contribution in [3.63, 3.8) is 0 Å². The zero-order valence-electron chi connectivity index (χ0n) is 13.8. The van der Waals surface area contributed by atoms with Gasteiger partial charge in [-0.25, -0.2) is 0 Å². The van der Waals surface area contributed by atoms with Crippen LogP contribution in [0.25, 0.3) is 0 Å². The minimum absolute atomic E-state index is 0.0766. The standard InChI is InChI=1S/C16H25BO4/c1-12(18-6)11-19-14-9-7-13(8-10-14)17-20-15(2,3)16(4,5)21-17/h7-10,12H,11H2,1-6H3. The summed E-state index contributed by atoms with van der Waals surface area (Å²) in [5.74, 6) is 0.819. The molecule has 1 unspecified atom stereocenters. The number of rotatable bonds is 5. The van der Waals surface area contributed by atoms with E-state index in [0.29, 0.717) is 6.61 Å². The first-order valence-corrected chi connectivity index (χ1v) is 7.36. The Labute approximate surface area is 127 Å². The summed E-state index contributed by atoms with van der Waals surface area (Å²) in [6, 6.07) is 7.83. The van der Waals surface area contributed by atoms with Gasteiger partial charge in [0.05, 0.1) is 17.3 Å². The topological polar surface area (TPSA) is 36.9 Å². The van der Waals surface area contributed by atoms with E-state index in [1.807, 2.05) is 31.2 Å². The van der Waals surface area contributed by atoms with E-state index >= 15 is 0 Å². The fourth-order valence-electron chi connectivity index (χ4n) is 1.98. The lowest BCUT2D eigenvalue weighted by Crippen LogP contribution is -2.41. The van der Waals surface area contributed by atoms with Crippen molar-refractivity contribution in [2.24, 2.45) is 0 Å². The van der Waals surface area contributed by atoms with Crippen LogP contribution in [0.1, 0.15) is 34.6 Å². The van der Waals surface area contributed by atoms with Crippen LogP contribution in [0.2, 0.25) is 0 Å². The van der Waals surface area contributed by atoms with Crippen LogP contribution in [0.15, 0.2) is 24.3 Å². The Morgan fingerprint density at radius 2 is 1.57 bits per heavy atom. The first-order chi connectivity index (χ1) is 9.75. The Balaban J connectivity index is 2.00. The molecule has 0 saturated carbocycles. The first-order valence-electron chi connectivity index (χ1n) is 7.36. The molecule has 1 saturated heterocycles. The summed E-state index contributed by atoms with van der Waals surface area (Å²) in [7, 11) is 1.34. The van der Waals surface area contributed by atoms with Crippen LogP contribution < -0.4 is 10.2 Å². The highest BCUT2D eigenvalue weighted by Gasteiger charge is 2.51. The monoisotopic (exact) mass is 292 g/mol. The Hall–Kier alpha value is -1.04. The Bertz CT molecular complexity index is 454. The molecule has 2 rings (SSSR count). The maximum atomic E-state index is 6.02. The van der Waals surface area contributed by atoms with Gasteiger partial charge in [0.15, 0.2) is 0 Å². The molecule has 0 bridgehead atoms. The molecule has 0 aliphatic carbocycles. The predicted molar refractivity (Wildman–Crippen MR) is 84.1 cm³/mol. The van der Waals surface area contributed by atoms with E-state index in [1.54, 1.807) is 7.11 Å². The summed E-state index contributed by atoms with van der Waals surface area (Å²) < 4.78 is 22.9. The van der Waals surface area contributed by atoms with Crippen LogP contribution in [0.3, 0.4) is 0 Å². The molecular formula is C16H25BO4. The van der Waals surface area contributed by atoms with Crippen molar-refractivity contribution < 1.29 is 18.8 Å². The van der Waals surface area contributed by atoms with Crippen molar-refractivity contribution in [1.29, 1.82) is 0 Å². The van der Waals surface area contributed by atoms with E-state index in [4.69, 9.17) is 18.8 Å². The molecule has 5 heteroatoms. The van der Waals surface area contributed by atoms with Crippen molar-refractivity contribution in [2.75, 3.05) is 13.7 Å². The lowest BCUT2D eigenvalue weighted by molar-refractivity contribution is 0.00578. The number of benzene rings is 1. The summed E-state index contributed by atoms with van der Waals surface area (Å²) in [6.07, 6.45) is 0.0766. The molecule has 1 heterocycles. The zero-order chi connectivity index (χ0) is 15.7. The van der Waals surface area contributed by atoms with E-state index < -0.39 is 0 Å². The van der Waals surface area contributed by atoms with Gasteiger partial charge in [0, 0.05) is 7.11 Å². The van der Waals surface area contributed by atoms with Gasteiger partial charge < -0.3 is 18.8 Å². The van der Waals surface area contributed by atoms with Crippen molar-refractivity contribution in [3.05, 3.63) is 24.3 Å². The Morgan fingerprint density at radius 3 is 2.05 bits per heavy atom. The average Bonchev–Trinajstić information content (AvgIpc) is 2.65. The molecule has 0 amide bonds. The van der Waals surface area contributed by atoms with E-state index in [1.165, 1.54) is 0 Å². The molecule has 4 nitrogen and oxygen atoms in total. The quantitative estimate of drug-likeness (QED) is 0.781. The minimum Gasteiger partial charge on any atom is -0.491 e. The second kappa shape index (κ2) is 5.99. The highest BCUT2D eigenvalue weighted by atomic mass is 16.7. The average molecular weight is 292 g/mol. The first kappa shape index (κ1) is 16.3. The third kappa shape index (κ3) is 3.60. The van der Waals surface area contributed by atoms with Crippen molar-refractivity contribution in [2.45, 2.75) is 51.9 Å². The van der Waals surface area contributed by atoms with Crippen LogP contribution in [-0.2, 0) is 14.0 Å². The molecule has 0 N–H and O–H groups in total. The van der Waals surface area contributed by atoms with Crippen LogP contribution in [0.5, 0.6) is 5.75 Å². The smallest absolute Gasteiger partial charge is 0.491 e. The largest absolute Gasteiger partial charge is 0.494 e. The molecule has 116 valence electrons. The van der Waals surface area contributed by atoms with Gasteiger partial charge in [0.2, 0.25) is 0 Å². The molecule has 1 aliphatic rings. The van der Waals surface area contributed by atoms with Gasteiger partial charge >= 0.3 is 7.12 Å². The molecule has 0 aromatic heterocycles. The zero-order valence-corrected chi connectivity index (χ0v) is 13.8. The number of ether oxygens (including phenoxy) is 2. The second-order valence-corrected chi connectivity index (χ2v) is 6.51.